The largest absolute Gasteiger partial charge is 0.433 e. The van der Waals surface area contributed by atoms with E-state index in [2.05, 4.69) is 22.6 Å². The van der Waals surface area contributed by atoms with Gasteiger partial charge in [-0.2, -0.15) is 18.2 Å². The first-order valence-corrected chi connectivity index (χ1v) is 3.95. The molecule has 0 radical (unpaired) electrons. The maximum atomic E-state index is 12.2. The van der Waals surface area contributed by atoms with Gasteiger partial charge in [-0.25, -0.2) is 4.98 Å². The van der Waals surface area contributed by atoms with Crippen molar-refractivity contribution in [3.8, 4) is 0 Å². The number of alkyl halides is 3. The molecule has 0 aromatic carbocycles. The molecule has 7 heteroatoms. The van der Waals surface area contributed by atoms with Crippen LogP contribution in [0.25, 0.3) is 11.2 Å². The normalized spacial score (nSPS) is 12.3. The van der Waals surface area contributed by atoms with Crippen molar-refractivity contribution in [1.82, 2.24) is 9.97 Å². The average molecular weight is 220 g/mol. The van der Waals surface area contributed by atoms with Crippen molar-refractivity contribution < 1.29 is 17.6 Å². The summed E-state index contributed by atoms with van der Waals surface area (Å²) in [6.45, 7) is 0. The molecule has 2 heterocycles. The predicted molar refractivity (Wildman–Crippen MR) is 44.1 cm³/mol. The summed E-state index contributed by atoms with van der Waals surface area (Å²) < 4.78 is 41.4. The summed E-state index contributed by atoms with van der Waals surface area (Å²) in [5, 5.41) is -0.00757. The topological polar surface area (TPSA) is 38.9 Å². The Hall–Kier alpha value is -1.24. The van der Waals surface area contributed by atoms with Crippen LogP contribution < -0.4 is 0 Å². The van der Waals surface area contributed by atoms with E-state index in [1.807, 2.05) is 0 Å². The van der Waals surface area contributed by atoms with Crippen LogP contribution in [0.2, 0.25) is 0 Å². The van der Waals surface area contributed by atoms with E-state index in [0.29, 0.717) is 0 Å². The van der Waals surface area contributed by atoms with Crippen molar-refractivity contribution >= 4 is 23.9 Å². The minimum Gasteiger partial charge on any atom is -0.430 e. The average Bonchev–Trinajstić information content (AvgIpc) is 2.41. The molecule has 0 aliphatic heterocycles. The number of nitrogens with zero attached hydrogens (tertiary/aromatic N) is 2. The molecule has 0 N–H and O–H groups in total. The van der Waals surface area contributed by atoms with Gasteiger partial charge in [0.05, 0.1) is 0 Å². The maximum absolute atomic E-state index is 12.2. The number of thiol groups is 1. The summed E-state index contributed by atoms with van der Waals surface area (Å²) in [5.74, 6) is 0. The van der Waals surface area contributed by atoms with Crippen molar-refractivity contribution in [1.29, 1.82) is 0 Å². The van der Waals surface area contributed by atoms with E-state index >= 15 is 0 Å². The molecule has 14 heavy (non-hydrogen) atoms. The Bertz CT molecular complexity index is 479. The van der Waals surface area contributed by atoms with Gasteiger partial charge >= 0.3 is 6.18 Å². The van der Waals surface area contributed by atoms with Gasteiger partial charge in [0.2, 0.25) is 0 Å². The number of pyridine rings is 1. The second-order valence-electron chi connectivity index (χ2n) is 2.51. The SMILES string of the molecule is FC(F)(F)c1ccc2oc(S)nc2n1. The summed E-state index contributed by atoms with van der Waals surface area (Å²) in [4.78, 5) is 6.86. The summed E-state index contributed by atoms with van der Waals surface area (Å²) in [6.07, 6.45) is -4.47. The fourth-order valence-corrected chi connectivity index (χ4v) is 1.16. The first-order valence-electron chi connectivity index (χ1n) is 3.50. The van der Waals surface area contributed by atoms with Crippen LogP contribution >= 0.6 is 12.6 Å². The van der Waals surface area contributed by atoms with Crippen LogP contribution in [0, 0.1) is 0 Å². The van der Waals surface area contributed by atoms with Crippen molar-refractivity contribution in [3.05, 3.63) is 17.8 Å². The zero-order valence-corrected chi connectivity index (χ0v) is 7.43. The molecule has 0 saturated heterocycles. The van der Waals surface area contributed by atoms with Gasteiger partial charge in [-0.3, -0.25) is 0 Å². The van der Waals surface area contributed by atoms with Crippen LogP contribution in [-0.2, 0) is 6.18 Å². The van der Waals surface area contributed by atoms with Gasteiger partial charge in [-0.15, -0.1) is 0 Å². The van der Waals surface area contributed by atoms with E-state index < -0.39 is 11.9 Å². The van der Waals surface area contributed by atoms with Crippen LogP contribution in [0.4, 0.5) is 13.2 Å². The third kappa shape index (κ3) is 1.54. The standard InChI is InChI=1S/C7H3F3N2OS/c8-7(9,10)4-2-1-3-5(11-4)12-6(14)13-3/h1-2H,(H,11,12,14). The molecule has 0 atom stereocenters. The van der Waals surface area contributed by atoms with Gasteiger partial charge in [-0.1, -0.05) is 12.6 Å². The number of aromatic nitrogens is 2. The molecule has 0 saturated carbocycles. The second-order valence-corrected chi connectivity index (χ2v) is 2.90. The van der Waals surface area contributed by atoms with E-state index in [1.165, 1.54) is 0 Å². The number of halogens is 3. The lowest BCUT2D eigenvalue weighted by Crippen LogP contribution is -2.07. The Morgan fingerprint density at radius 2 is 1.93 bits per heavy atom. The van der Waals surface area contributed by atoms with E-state index in [9.17, 15) is 13.2 Å². The quantitative estimate of drug-likeness (QED) is 0.693. The molecule has 2 aromatic heterocycles. The van der Waals surface area contributed by atoms with E-state index in [0.717, 1.165) is 12.1 Å². The molecule has 3 nitrogen and oxygen atoms in total. The molecular weight excluding hydrogens is 217 g/mol. The summed E-state index contributed by atoms with van der Waals surface area (Å²) >= 11 is 3.75. The maximum Gasteiger partial charge on any atom is 0.433 e. The van der Waals surface area contributed by atoms with E-state index in [1.54, 1.807) is 0 Å². The highest BCUT2D eigenvalue weighted by molar-refractivity contribution is 7.80. The molecule has 2 rings (SSSR count). The first-order chi connectivity index (χ1) is 6.47. The zero-order valence-electron chi connectivity index (χ0n) is 6.54. The highest BCUT2D eigenvalue weighted by atomic mass is 32.1. The lowest BCUT2D eigenvalue weighted by atomic mass is 10.3. The highest BCUT2D eigenvalue weighted by Crippen LogP contribution is 2.29. The van der Waals surface area contributed by atoms with Crippen molar-refractivity contribution in [2.45, 2.75) is 11.4 Å². The van der Waals surface area contributed by atoms with E-state index in [-0.39, 0.29) is 16.5 Å². The first kappa shape index (κ1) is 9.32. The Balaban J connectivity index is 2.62. The Morgan fingerprint density at radius 3 is 2.57 bits per heavy atom. The van der Waals surface area contributed by atoms with Crippen LogP contribution in [0.3, 0.4) is 0 Å². The molecule has 0 bridgehead atoms. The minimum atomic E-state index is -4.47. The van der Waals surface area contributed by atoms with Gasteiger partial charge in [-0.05, 0) is 12.1 Å². The number of oxazole rings is 1. The zero-order chi connectivity index (χ0) is 10.3. The molecule has 0 aliphatic carbocycles. The second kappa shape index (κ2) is 2.88. The molecule has 2 aromatic rings. The van der Waals surface area contributed by atoms with Crippen LogP contribution in [0.5, 0.6) is 0 Å². The molecule has 0 fully saturated rings. The van der Waals surface area contributed by atoms with Gasteiger partial charge in [0.25, 0.3) is 5.22 Å². The molecular formula is C7H3F3N2OS. The monoisotopic (exact) mass is 220 g/mol. The third-order valence-corrected chi connectivity index (χ3v) is 1.72. The Morgan fingerprint density at radius 1 is 1.21 bits per heavy atom. The van der Waals surface area contributed by atoms with Crippen LogP contribution in [-0.4, -0.2) is 9.97 Å². The predicted octanol–water partition coefficient (Wildman–Crippen LogP) is 2.53. The van der Waals surface area contributed by atoms with Crippen LogP contribution in [0.15, 0.2) is 21.8 Å². The number of hydrogen-bond acceptors (Lipinski definition) is 4. The lowest BCUT2D eigenvalue weighted by Gasteiger charge is -2.03. The highest BCUT2D eigenvalue weighted by Gasteiger charge is 2.32. The summed E-state index contributed by atoms with van der Waals surface area (Å²) in [7, 11) is 0. The van der Waals surface area contributed by atoms with Gasteiger partial charge in [0.1, 0.15) is 5.69 Å². The van der Waals surface area contributed by atoms with Crippen molar-refractivity contribution in [2.24, 2.45) is 0 Å². The summed E-state index contributed by atoms with van der Waals surface area (Å²) in [5.41, 5.74) is -0.903. The van der Waals surface area contributed by atoms with Crippen LogP contribution in [0.1, 0.15) is 5.69 Å². The summed E-state index contributed by atoms with van der Waals surface area (Å²) in [6, 6.07) is 2.00. The van der Waals surface area contributed by atoms with Gasteiger partial charge < -0.3 is 4.42 Å². The minimum absolute atomic E-state index is 0.00757. The van der Waals surface area contributed by atoms with Crippen molar-refractivity contribution in [2.75, 3.05) is 0 Å². The molecule has 0 amide bonds. The van der Waals surface area contributed by atoms with Gasteiger partial charge in [0, 0.05) is 0 Å². The fraction of sp³-hybridized carbons (Fsp3) is 0.143. The van der Waals surface area contributed by atoms with Crippen molar-refractivity contribution in [3.63, 3.8) is 0 Å². The smallest absolute Gasteiger partial charge is 0.430 e. The Labute approximate surface area is 81.4 Å². The third-order valence-electron chi connectivity index (χ3n) is 1.53. The number of rotatable bonds is 0. The van der Waals surface area contributed by atoms with E-state index in [4.69, 9.17) is 4.42 Å². The molecule has 0 spiro atoms. The van der Waals surface area contributed by atoms with Gasteiger partial charge in [0.15, 0.2) is 11.2 Å². The number of fused-ring (bicyclic) bond motifs is 1. The number of hydrogen-bond donors (Lipinski definition) is 1. The lowest BCUT2D eigenvalue weighted by molar-refractivity contribution is -0.141. The molecule has 74 valence electrons. The molecule has 0 unspecified atom stereocenters. The fourth-order valence-electron chi connectivity index (χ4n) is 0.965. The molecule has 0 aliphatic rings. The Kier molecular flexibility index (Phi) is 1.91.